The molecule has 0 fully saturated rings. The van der Waals surface area contributed by atoms with Crippen molar-refractivity contribution in [2.24, 2.45) is 5.11 Å². The zero-order chi connectivity index (χ0) is 13.2. The van der Waals surface area contributed by atoms with E-state index in [9.17, 15) is 4.79 Å². The lowest BCUT2D eigenvalue weighted by Gasteiger charge is -2.04. The number of azide groups is 1. The molecular weight excluding hydrogens is 230 g/mol. The molecule has 0 heterocycles. The van der Waals surface area contributed by atoms with E-state index >= 15 is 0 Å². The summed E-state index contributed by atoms with van der Waals surface area (Å²) in [5.41, 5.74) is 9.13. The Hall–Kier alpha value is -2.51. The summed E-state index contributed by atoms with van der Waals surface area (Å²) >= 11 is 0. The van der Waals surface area contributed by atoms with E-state index in [0.717, 1.165) is 12.8 Å². The van der Waals surface area contributed by atoms with Crippen LogP contribution in [0.15, 0.2) is 29.4 Å². The number of carbonyl (C=O) groups excluding carboxylic acids is 1. The Labute approximate surface area is 105 Å². The molecule has 6 nitrogen and oxygen atoms in total. The van der Waals surface area contributed by atoms with Crippen molar-refractivity contribution in [2.75, 3.05) is 13.1 Å². The summed E-state index contributed by atoms with van der Waals surface area (Å²) in [6.07, 6.45) is 1.51. The molecule has 0 spiro atoms. The van der Waals surface area contributed by atoms with Crippen molar-refractivity contribution < 1.29 is 4.79 Å². The van der Waals surface area contributed by atoms with Crippen molar-refractivity contribution in [3.05, 3.63) is 45.8 Å². The van der Waals surface area contributed by atoms with Gasteiger partial charge in [0.15, 0.2) is 0 Å². The minimum atomic E-state index is -0.164. The molecular formula is C12H13N5O. The molecule has 0 aliphatic rings. The first-order valence-electron chi connectivity index (χ1n) is 5.57. The van der Waals surface area contributed by atoms with Crippen LogP contribution in [0.5, 0.6) is 0 Å². The highest BCUT2D eigenvalue weighted by Gasteiger charge is 2.03. The number of amides is 1. The van der Waals surface area contributed by atoms with Gasteiger partial charge in [-0.15, -0.1) is 0 Å². The van der Waals surface area contributed by atoms with E-state index in [1.54, 1.807) is 24.3 Å². The topological polar surface area (TPSA) is 102 Å². The minimum absolute atomic E-state index is 0.164. The standard InChI is InChI=1S/C12H13N5O/c13-9-10-3-5-11(6-4-10)12(18)15-7-1-2-8-16-17-14/h3-6H,1-2,7-8H2,(H,15,18). The van der Waals surface area contributed by atoms with Crippen LogP contribution in [0, 0.1) is 11.3 Å². The minimum Gasteiger partial charge on any atom is -0.352 e. The van der Waals surface area contributed by atoms with Crippen LogP contribution in [0.1, 0.15) is 28.8 Å². The fourth-order valence-corrected chi connectivity index (χ4v) is 1.35. The van der Waals surface area contributed by atoms with E-state index in [0.29, 0.717) is 24.2 Å². The largest absolute Gasteiger partial charge is 0.352 e. The Kier molecular flexibility index (Phi) is 5.81. The van der Waals surface area contributed by atoms with Gasteiger partial charge in [0.25, 0.3) is 5.91 Å². The quantitative estimate of drug-likeness (QED) is 0.359. The molecule has 0 atom stereocenters. The Morgan fingerprint density at radius 3 is 2.72 bits per heavy atom. The zero-order valence-electron chi connectivity index (χ0n) is 9.83. The molecule has 1 rings (SSSR count). The normalized spacial score (nSPS) is 9.06. The van der Waals surface area contributed by atoms with E-state index in [1.165, 1.54) is 0 Å². The number of rotatable bonds is 6. The zero-order valence-corrected chi connectivity index (χ0v) is 9.83. The lowest BCUT2D eigenvalue weighted by molar-refractivity contribution is 0.0953. The van der Waals surface area contributed by atoms with Crippen LogP contribution >= 0.6 is 0 Å². The monoisotopic (exact) mass is 243 g/mol. The second kappa shape index (κ2) is 7.71. The summed E-state index contributed by atoms with van der Waals surface area (Å²) in [5.74, 6) is -0.164. The van der Waals surface area contributed by atoms with Gasteiger partial charge >= 0.3 is 0 Å². The average molecular weight is 243 g/mol. The molecule has 1 aromatic rings. The number of carbonyl (C=O) groups is 1. The molecule has 0 radical (unpaired) electrons. The smallest absolute Gasteiger partial charge is 0.251 e. The van der Waals surface area contributed by atoms with Gasteiger partial charge in [-0.05, 0) is 42.6 Å². The fourth-order valence-electron chi connectivity index (χ4n) is 1.35. The molecule has 0 bridgehead atoms. The van der Waals surface area contributed by atoms with Gasteiger partial charge in [0, 0.05) is 23.6 Å². The molecule has 1 N–H and O–H groups in total. The summed E-state index contributed by atoms with van der Waals surface area (Å²) < 4.78 is 0. The third kappa shape index (κ3) is 4.56. The molecule has 0 saturated heterocycles. The molecule has 0 aromatic heterocycles. The van der Waals surface area contributed by atoms with E-state index in [-0.39, 0.29) is 5.91 Å². The van der Waals surface area contributed by atoms with Crippen LogP contribution in [0.2, 0.25) is 0 Å². The fraction of sp³-hybridized carbons (Fsp3) is 0.333. The summed E-state index contributed by atoms with van der Waals surface area (Å²) in [7, 11) is 0. The molecule has 92 valence electrons. The van der Waals surface area contributed by atoms with Crippen molar-refractivity contribution in [1.82, 2.24) is 5.32 Å². The van der Waals surface area contributed by atoms with Crippen molar-refractivity contribution in [3.8, 4) is 6.07 Å². The predicted molar refractivity (Wildman–Crippen MR) is 66.7 cm³/mol. The molecule has 1 aromatic carbocycles. The highest BCUT2D eigenvalue weighted by molar-refractivity contribution is 5.94. The van der Waals surface area contributed by atoms with Crippen LogP contribution < -0.4 is 5.32 Å². The van der Waals surface area contributed by atoms with Crippen molar-refractivity contribution >= 4 is 5.91 Å². The van der Waals surface area contributed by atoms with Crippen LogP contribution in [-0.2, 0) is 0 Å². The Balaban J connectivity index is 2.32. The first-order chi connectivity index (χ1) is 8.77. The molecule has 0 saturated carbocycles. The van der Waals surface area contributed by atoms with Gasteiger partial charge in [-0.25, -0.2) is 0 Å². The average Bonchev–Trinajstić information content (AvgIpc) is 2.42. The Morgan fingerprint density at radius 2 is 2.11 bits per heavy atom. The van der Waals surface area contributed by atoms with Gasteiger partial charge in [-0.2, -0.15) is 5.26 Å². The second-order valence-electron chi connectivity index (χ2n) is 3.61. The number of nitriles is 1. The number of nitrogens with one attached hydrogen (secondary N) is 1. The molecule has 0 unspecified atom stereocenters. The first kappa shape index (κ1) is 13.6. The van der Waals surface area contributed by atoms with E-state index < -0.39 is 0 Å². The molecule has 0 aliphatic carbocycles. The Morgan fingerprint density at radius 1 is 1.39 bits per heavy atom. The van der Waals surface area contributed by atoms with Crippen LogP contribution in [0.3, 0.4) is 0 Å². The number of benzene rings is 1. The number of nitrogens with zero attached hydrogens (tertiary/aromatic N) is 4. The van der Waals surface area contributed by atoms with E-state index in [4.69, 9.17) is 10.8 Å². The second-order valence-corrected chi connectivity index (χ2v) is 3.61. The third-order valence-electron chi connectivity index (χ3n) is 2.31. The Bertz CT molecular complexity index is 482. The summed E-state index contributed by atoms with van der Waals surface area (Å²) in [5, 5.41) is 14.8. The molecule has 6 heteroatoms. The summed E-state index contributed by atoms with van der Waals surface area (Å²) in [6, 6.07) is 8.45. The molecule has 1 amide bonds. The lowest BCUT2D eigenvalue weighted by atomic mass is 10.1. The highest BCUT2D eigenvalue weighted by Crippen LogP contribution is 2.03. The van der Waals surface area contributed by atoms with Crippen molar-refractivity contribution in [3.63, 3.8) is 0 Å². The van der Waals surface area contributed by atoms with Gasteiger partial charge in [0.2, 0.25) is 0 Å². The maximum atomic E-state index is 11.7. The molecule has 0 aliphatic heterocycles. The number of hydrogen-bond donors (Lipinski definition) is 1. The van der Waals surface area contributed by atoms with Crippen LogP contribution in [0.4, 0.5) is 0 Å². The summed E-state index contributed by atoms with van der Waals surface area (Å²) in [4.78, 5) is 14.3. The summed E-state index contributed by atoms with van der Waals surface area (Å²) in [6.45, 7) is 0.989. The van der Waals surface area contributed by atoms with Gasteiger partial charge in [0.1, 0.15) is 0 Å². The number of hydrogen-bond acceptors (Lipinski definition) is 3. The number of unbranched alkanes of at least 4 members (excludes halogenated alkanes) is 1. The van der Waals surface area contributed by atoms with E-state index in [1.807, 2.05) is 6.07 Å². The van der Waals surface area contributed by atoms with Gasteiger partial charge in [-0.1, -0.05) is 5.11 Å². The predicted octanol–water partition coefficient (Wildman–Crippen LogP) is 2.38. The lowest BCUT2D eigenvalue weighted by Crippen LogP contribution is -2.24. The molecule has 18 heavy (non-hydrogen) atoms. The third-order valence-corrected chi connectivity index (χ3v) is 2.31. The van der Waals surface area contributed by atoms with Crippen molar-refractivity contribution in [1.29, 1.82) is 5.26 Å². The first-order valence-corrected chi connectivity index (χ1v) is 5.57. The van der Waals surface area contributed by atoms with Gasteiger partial charge in [0.05, 0.1) is 11.6 Å². The SMILES string of the molecule is N#Cc1ccc(C(=O)NCCCCN=[N+]=[N-])cc1. The highest BCUT2D eigenvalue weighted by atomic mass is 16.1. The van der Waals surface area contributed by atoms with Gasteiger partial charge < -0.3 is 5.32 Å². The van der Waals surface area contributed by atoms with Crippen LogP contribution in [0.25, 0.3) is 10.4 Å². The maximum absolute atomic E-state index is 11.7. The van der Waals surface area contributed by atoms with Crippen molar-refractivity contribution in [2.45, 2.75) is 12.8 Å². The van der Waals surface area contributed by atoms with Gasteiger partial charge in [-0.3, -0.25) is 4.79 Å². The van der Waals surface area contributed by atoms with E-state index in [2.05, 4.69) is 15.3 Å². The maximum Gasteiger partial charge on any atom is 0.251 e. The van der Waals surface area contributed by atoms with Crippen LogP contribution in [-0.4, -0.2) is 19.0 Å².